The highest BCUT2D eigenvalue weighted by Crippen LogP contribution is 2.15. The third-order valence-corrected chi connectivity index (χ3v) is 2.84. The maximum Gasteiger partial charge on any atom is 0.0727 e. The highest BCUT2D eigenvalue weighted by Gasteiger charge is 2.15. The Morgan fingerprint density at radius 2 is 2.38 bits per heavy atom. The second-order valence-corrected chi connectivity index (χ2v) is 4.64. The molecule has 0 spiro atoms. The molecule has 13 heavy (non-hydrogen) atoms. The zero-order chi connectivity index (χ0) is 9.68. The molecule has 0 aliphatic carbocycles. The molecule has 0 radical (unpaired) electrons. The van der Waals surface area contributed by atoms with Crippen molar-refractivity contribution in [1.82, 2.24) is 4.90 Å². The molecule has 76 valence electrons. The summed E-state index contributed by atoms with van der Waals surface area (Å²) in [5.41, 5.74) is 5.45. The Bertz CT molecular complexity index is 170. The first-order valence-corrected chi connectivity index (χ1v) is 5.60. The molecule has 1 atom stereocenters. The lowest BCUT2D eigenvalue weighted by Gasteiger charge is -2.30. The van der Waals surface area contributed by atoms with Gasteiger partial charge in [-0.3, -0.25) is 0 Å². The average Bonchev–Trinajstić information content (AvgIpc) is 2.03. The smallest absolute Gasteiger partial charge is 0.0727 e. The van der Waals surface area contributed by atoms with Crippen LogP contribution >= 0.6 is 12.2 Å². The highest BCUT2D eigenvalue weighted by molar-refractivity contribution is 7.80. The topological polar surface area (TPSA) is 29.3 Å². The number of thiocarbonyl (C=S) groups is 1. The van der Waals surface area contributed by atoms with Gasteiger partial charge < -0.3 is 10.6 Å². The van der Waals surface area contributed by atoms with Gasteiger partial charge in [0, 0.05) is 6.54 Å². The van der Waals surface area contributed by atoms with Crippen molar-refractivity contribution in [3.63, 3.8) is 0 Å². The molecular formula is C10H20N2S. The molecule has 1 saturated heterocycles. The van der Waals surface area contributed by atoms with E-state index < -0.39 is 0 Å². The van der Waals surface area contributed by atoms with Crippen molar-refractivity contribution in [1.29, 1.82) is 0 Å². The number of hydrogen-bond donors (Lipinski definition) is 1. The Labute approximate surface area is 86.5 Å². The number of piperidine rings is 1. The first-order valence-electron chi connectivity index (χ1n) is 5.19. The summed E-state index contributed by atoms with van der Waals surface area (Å²) in [6, 6.07) is 0. The van der Waals surface area contributed by atoms with Crippen molar-refractivity contribution in [2.24, 2.45) is 11.7 Å². The fraction of sp³-hybridized carbons (Fsp3) is 0.900. The standard InChI is InChI=1S/C10H20N2S/c1-9-4-2-6-12(8-9)7-3-5-10(11)13/h9H,2-8H2,1H3,(H2,11,13). The van der Waals surface area contributed by atoms with E-state index in [4.69, 9.17) is 18.0 Å². The van der Waals surface area contributed by atoms with Gasteiger partial charge in [-0.05, 0) is 44.7 Å². The average molecular weight is 200 g/mol. The quantitative estimate of drug-likeness (QED) is 0.702. The van der Waals surface area contributed by atoms with Gasteiger partial charge in [0.1, 0.15) is 0 Å². The van der Waals surface area contributed by atoms with Gasteiger partial charge >= 0.3 is 0 Å². The van der Waals surface area contributed by atoms with Gasteiger partial charge in [0.2, 0.25) is 0 Å². The van der Waals surface area contributed by atoms with Gasteiger partial charge in [-0.2, -0.15) is 0 Å². The summed E-state index contributed by atoms with van der Waals surface area (Å²) in [4.78, 5) is 3.19. The van der Waals surface area contributed by atoms with Crippen molar-refractivity contribution < 1.29 is 0 Å². The molecule has 0 aromatic carbocycles. The van der Waals surface area contributed by atoms with E-state index in [0.29, 0.717) is 4.99 Å². The van der Waals surface area contributed by atoms with E-state index >= 15 is 0 Å². The van der Waals surface area contributed by atoms with Crippen LogP contribution in [0.25, 0.3) is 0 Å². The summed E-state index contributed by atoms with van der Waals surface area (Å²) in [5.74, 6) is 0.874. The van der Waals surface area contributed by atoms with Crippen molar-refractivity contribution in [2.75, 3.05) is 19.6 Å². The zero-order valence-electron chi connectivity index (χ0n) is 8.46. The Balaban J connectivity index is 2.10. The predicted molar refractivity (Wildman–Crippen MR) is 60.9 cm³/mol. The van der Waals surface area contributed by atoms with Gasteiger partial charge in [0.25, 0.3) is 0 Å². The molecule has 0 bridgehead atoms. The molecule has 0 aromatic heterocycles. The van der Waals surface area contributed by atoms with E-state index in [2.05, 4.69) is 11.8 Å². The second kappa shape index (κ2) is 5.55. The molecule has 1 fully saturated rings. The van der Waals surface area contributed by atoms with Gasteiger partial charge in [-0.1, -0.05) is 19.1 Å². The molecule has 1 aliphatic heterocycles. The molecule has 2 nitrogen and oxygen atoms in total. The molecule has 1 aliphatic rings. The highest BCUT2D eigenvalue weighted by atomic mass is 32.1. The lowest BCUT2D eigenvalue weighted by Crippen LogP contribution is -2.35. The van der Waals surface area contributed by atoms with Crippen molar-refractivity contribution in [3.05, 3.63) is 0 Å². The minimum Gasteiger partial charge on any atom is -0.393 e. The van der Waals surface area contributed by atoms with Gasteiger partial charge in [0.05, 0.1) is 4.99 Å². The Morgan fingerprint density at radius 1 is 1.62 bits per heavy atom. The van der Waals surface area contributed by atoms with E-state index in [0.717, 1.165) is 18.8 Å². The van der Waals surface area contributed by atoms with Crippen LogP contribution in [0.1, 0.15) is 32.6 Å². The number of nitrogens with two attached hydrogens (primary N) is 1. The second-order valence-electron chi connectivity index (χ2n) is 4.12. The van der Waals surface area contributed by atoms with E-state index in [-0.39, 0.29) is 0 Å². The maximum atomic E-state index is 5.45. The largest absolute Gasteiger partial charge is 0.393 e. The number of nitrogens with zero attached hydrogens (tertiary/aromatic N) is 1. The fourth-order valence-corrected chi connectivity index (χ4v) is 2.11. The van der Waals surface area contributed by atoms with Crippen LogP contribution in [0.3, 0.4) is 0 Å². The lowest BCUT2D eigenvalue weighted by atomic mass is 10.0. The van der Waals surface area contributed by atoms with Crippen LogP contribution in [0.4, 0.5) is 0 Å². The molecule has 1 rings (SSSR count). The molecular weight excluding hydrogens is 180 g/mol. The van der Waals surface area contributed by atoms with E-state index in [1.807, 2.05) is 0 Å². The SMILES string of the molecule is CC1CCCN(CCCC(N)=S)C1. The van der Waals surface area contributed by atoms with Crippen LogP contribution in [0.5, 0.6) is 0 Å². The van der Waals surface area contributed by atoms with Crippen LogP contribution in [-0.2, 0) is 0 Å². The summed E-state index contributed by atoms with van der Waals surface area (Å²) in [7, 11) is 0. The number of rotatable bonds is 4. The minimum atomic E-state index is 0.657. The summed E-state index contributed by atoms with van der Waals surface area (Å²) in [6.45, 7) is 6.03. The third kappa shape index (κ3) is 4.58. The fourth-order valence-electron chi connectivity index (χ4n) is 1.97. The van der Waals surface area contributed by atoms with Crippen molar-refractivity contribution in [3.8, 4) is 0 Å². The third-order valence-electron chi connectivity index (χ3n) is 2.64. The summed E-state index contributed by atoms with van der Waals surface area (Å²) >= 11 is 4.84. The first-order chi connectivity index (χ1) is 6.18. The number of hydrogen-bond acceptors (Lipinski definition) is 2. The van der Waals surface area contributed by atoms with E-state index in [9.17, 15) is 0 Å². The molecule has 3 heteroatoms. The summed E-state index contributed by atoms with van der Waals surface area (Å²) < 4.78 is 0. The van der Waals surface area contributed by atoms with Crippen LogP contribution in [0.15, 0.2) is 0 Å². The van der Waals surface area contributed by atoms with E-state index in [1.54, 1.807) is 0 Å². The van der Waals surface area contributed by atoms with Gasteiger partial charge in [-0.15, -0.1) is 0 Å². The van der Waals surface area contributed by atoms with Crippen molar-refractivity contribution >= 4 is 17.2 Å². The monoisotopic (exact) mass is 200 g/mol. The molecule has 1 heterocycles. The van der Waals surface area contributed by atoms with E-state index in [1.165, 1.54) is 32.5 Å². The van der Waals surface area contributed by atoms with Gasteiger partial charge in [-0.25, -0.2) is 0 Å². The Hall–Kier alpha value is -0.150. The van der Waals surface area contributed by atoms with Crippen LogP contribution in [0, 0.1) is 5.92 Å². The Morgan fingerprint density at radius 3 is 3.00 bits per heavy atom. The van der Waals surface area contributed by atoms with Gasteiger partial charge in [0.15, 0.2) is 0 Å². The molecule has 0 amide bonds. The molecule has 1 unspecified atom stereocenters. The normalized spacial score (nSPS) is 24.5. The molecule has 0 aromatic rings. The Kier molecular flexibility index (Phi) is 4.67. The minimum absolute atomic E-state index is 0.657. The van der Waals surface area contributed by atoms with Crippen LogP contribution in [0.2, 0.25) is 0 Å². The predicted octanol–water partition coefficient (Wildman–Crippen LogP) is 1.78. The lowest BCUT2D eigenvalue weighted by molar-refractivity contribution is 0.183. The molecule has 0 saturated carbocycles. The summed E-state index contributed by atoms with van der Waals surface area (Å²) in [5, 5.41) is 0. The summed E-state index contributed by atoms with van der Waals surface area (Å²) in [6.07, 6.45) is 4.78. The molecule has 2 N–H and O–H groups in total. The maximum absolute atomic E-state index is 5.45. The van der Waals surface area contributed by atoms with Crippen LogP contribution in [-0.4, -0.2) is 29.5 Å². The first kappa shape index (κ1) is 10.9. The van der Waals surface area contributed by atoms with Crippen LogP contribution < -0.4 is 5.73 Å². The number of likely N-dealkylation sites (tertiary alicyclic amines) is 1. The van der Waals surface area contributed by atoms with Crippen molar-refractivity contribution in [2.45, 2.75) is 32.6 Å². The zero-order valence-corrected chi connectivity index (χ0v) is 9.28.